The van der Waals surface area contributed by atoms with Crippen molar-refractivity contribution in [3.05, 3.63) is 65.2 Å². The zero-order valence-electron chi connectivity index (χ0n) is 17.6. The Bertz CT molecular complexity index is 1120. The number of hydrogen-bond acceptors (Lipinski definition) is 4. The molecule has 0 aliphatic heterocycles. The second-order valence-electron chi connectivity index (χ2n) is 8.05. The first-order chi connectivity index (χ1) is 15.1. The van der Waals surface area contributed by atoms with E-state index in [1.54, 1.807) is 12.1 Å². The fourth-order valence-electron chi connectivity index (χ4n) is 4.43. The average Bonchev–Trinajstić information content (AvgIpc) is 3.22. The van der Waals surface area contributed by atoms with Crippen molar-refractivity contribution in [2.45, 2.75) is 51.2 Å². The van der Waals surface area contributed by atoms with E-state index in [9.17, 15) is 9.18 Å². The summed E-state index contributed by atoms with van der Waals surface area (Å²) in [6.45, 7) is 3.26. The lowest BCUT2D eigenvalue weighted by atomic mass is 9.89. The highest BCUT2D eigenvalue weighted by Crippen LogP contribution is 2.25. The van der Waals surface area contributed by atoms with Crippen molar-refractivity contribution >= 4 is 16.9 Å². The number of nitrogens with zero attached hydrogens (tertiary/aromatic N) is 3. The molecule has 0 radical (unpaired) electrons. The number of halogens is 1. The van der Waals surface area contributed by atoms with E-state index in [0.717, 1.165) is 31.2 Å². The third-order valence-corrected chi connectivity index (χ3v) is 5.99. The second-order valence-corrected chi connectivity index (χ2v) is 8.05. The number of aromatic amines is 1. The van der Waals surface area contributed by atoms with Gasteiger partial charge in [0.2, 0.25) is 0 Å². The molecule has 1 heterocycles. The maximum atomic E-state index is 13.5. The molecule has 0 unspecified atom stereocenters. The number of rotatable bonds is 6. The van der Waals surface area contributed by atoms with Crippen molar-refractivity contribution in [1.82, 2.24) is 20.2 Å². The minimum Gasteiger partial charge on any atom is -0.334 e. The molecule has 0 bridgehead atoms. The number of carbonyl (C=O) groups excluding carboxylic acids is 1. The summed E-state index contributed by atoms with van der Waals surface area (Å²) in [6.07, 6.45) is 3.92. The Labute approximate surface area is 181 Å². The first-order valence-corrected chi connectivity index (χ1v) is 10.8. The third-order valence-electron chi connectivity index (χ3n) is 5.99. The smallest absolute Gasteiger partial charge is 0.289 e. The van der Waals surface area contributed by atoms with E-state index in [1.807, 2.05) is 30.0 Å². The standard InChI is InChI=1S/C24H26FN5O/c1-2-30(24(31)23-28-21-10-9-18(25)12-22(21)29-23)20-8-4-7-19(13-20)27-15-17-6-3-5-16(11-17)14-26/h3,5-6,9-12,19-20,27H,2,4,7-8,13,15H2,1H3,(H,28,29)/t19-,20+/m1/s1. The van der Waals surface area contributed by atoms with Gasteiger partial charge in [-0.3, -0.25) is 4.79 Å². The lowest BCUT2D eigenvalue weighted by molar-refractivity contribution is 0.0617. The Balaban J connectivity index is 1.42. The SMILES string of the molecule is CCN(C(=O)c1nc2cc(F)ccc2[nH]1)[C@H]1CCC[C@@H](NCc2cccc(C#N)c2)C1. The largest absolute Gasteiger partial charge is 0.334 e. The van der Waals surface area contributed by atoms with Crippen molar-refractivity contribution in [2.75, 3.05) is 6.54 Å². The van der Waals surface area contributed by atoms with Crippen molar-refractivity contribution in [3.8, 4) is 6.07 Å². The van der Waals surface area contributed by atoms with E-state index in [-0.39, 0.29) is 23.6 Å². The number of nitrogens with one attached hydrogen (secondary N) is 2. The van der Waals surface area contributed by atoms with Gasteiger partial charge >= 0.3 is 0 Å². The summed E-state index contributed by atoms with van der Waals surface area (Å²) in [5.41, 5.74) is 2.86. The number of carbonyl (C=O) groups is 1. The van der Waals surface area contributed by atoms with Crippen LogP contribution in [0.15, 0.2) is 42.5 Å². The number of amides is 1. The van der Waals surface area contributed by atoms with E-state index >= 15 is 0 Å². The highest BCUT2D eigenvalue weighted by molar-refractivity contribution is 5.94. The predicted molar refractivity (Wildman–Crippen MR) is 117 cm³/mol. The van der Waals surface area contributed by atoms with Crippen LogP contribution in [0.5, 0.6) is 0 Å². The van der Waals surface area contributed by atoms with E-state index in [2.05, 4.69) is 21.4 Å². The van der Waals surface area contributed by atoms with E-state index in [4.69, 9.17) is 5.26 Å². The summed E-state index contributed by atoms with van der Waals surface area (Å²) in [5, 5.41) is 12.7. The van der Waals surface area contributed by atoms with Crippen LogP contribution in [0.4, 0.5) is 4.39 Å². The summed E-state index contributed by atoms with van der Waals surface area (Å²) in [6, 6.07) is 14.5. The Kier molecular flexibility index (Phi) is 6.28. The zero-order valence-corrected chi connectivity index (χ0v) is 17.6. The summed E-state index contributed by atoms with van der Waals surface area (Å²) in [5.74, 6) is -0.260. The van der Waals surface area contributed by atoms with Gasteiger partial charge in [-0.2, -0.15) is 5.26 Å². The van der Waals surface area contributed by atoms with Crippen LogP contribution in [0, 0.1) is 17.1 Å². The summed E-state index contributed by atoms with van der Waals surface area (Å²) < 4.78 is 13.5. The second kappa shape index (κ2) is 9.27. The molecular formula is C24H26FN5O. The van der Waals surface area contributed by atoms with Crippen molar-refractivity contribution < 1.29 is 9.18 Å². The Hall–Kier alpha value is -3.24. The zero-order chi connectivity index (χ0) is 21.8. The molecule has 0 saturated heterocycles. The number of aromatic nitrogens is 2. The number of H-pyrrole nitrogens is 1. The summed E-state index contributed by atoms with van der Waals surface area (Å²) in [4.78, 5) is 22.4. The van der Waals surface area contributed by atoms with E-state index in [1.165, 1.54) is 12.1 Å². The van der Waals surface area contributed by atoms with Crippen LogP contribution in [-0.4, -0.2) is 39.4 Å². The van der Waals surface area contributed by atoms with Crippen molar-refractivity contribution in [2.24, 2.45) is 0 Å². The highest BCUT2D eigenvalue weighted by Gasteiger charge is 2.30. The summed E-state index contributed by atoms with van der Waals surface area (Å²) >= 11 is 0. The topological polar surface area (TPSA) is 84.8 Å². The summed E-state index contributed by atoms with van der Waals surface area (Å²) in [7, 11) is 0. The van der Waals surface area contributed by atoms with Crippen LogP contribution in [-0.2, 0) is 6.54 Å². The van der Waals surface area contributed by atoms with Gasteiger partial charge in [-0.1, -0.05) is 12.1 Å². The van der Waals surface area contributed by atoms with Gasteiger partial charge in [0.05, 0.1) is 22.7 Å². The number of benzene rings is 2. The Morgan fingerprint density at radius 3 is 3.00 bits per heavy atom. The van der Waals surface area contributed by atoms with Crippen LogP contribution in [0.1, 0.15) is 54.4 Å². The van der Waals surface area contributed by atoms with Crippen molar-refractivity contribution in [1.29, 1.82) is 5.26 Å². The molecule has 2 aromatic carbocycles. The number of imidazole rings is 1. The number of fused-ring (bicyclic) bond motifs is 1. The predicted octanol–water partition coefficient (Wildman–Crippen LogP) is 4.14. The fraction of sp³-hybridized carbons (Fsp3) is 0.375. The molecule has 0 spiro atoms. The molecule has 2 N–H and O–H groups in total. The molecular weight excluding hydrogens is 393 g/mol. The van der Waals surface area contributed by atoms with Gasteiger partial charge in [-0.25, -0.2) is 9.37 Å². The molecule has 1 fully saturated rings. The molecule has 3 aromatic rings. The van der Waals surface area contributed by atoms with Gasteiger partial charge in [0.1, 0.15) is 5.82 Å². The molecule has 1 aliphatic rings. The third kappa shape index (κ3) is 4.75. The molecule has 1 aromatic heterocycles. The molecule has 1 amide bonds. The van der Waals surface area contributed by atoms with Gasteiger partial charge in [0.15, 0.2) is 5.82 Å². The lowest BCUT2D eigenvalue weighted by Crippen LogP contribution is -2.47. The van der Waals surface area contributed by atoms with Crippen LogP contribution in [0.2, 0.25) is 0 Å². The van der Waals surface area contributed by atoms with Gasteiger partial charge in [0.25, 0.3) is 5.91 Å². The van der Waals surface area contributed by atoms with Crippen LogP contribution < -0.4 is 5.32 Å². The first-order valence-electron chi connectivity index (χ1n) is 10.8. The molecule has 2 atom stereocenters. The van der Waals surface area contributed by atoms with E-state index in [0.29, 0.717) is 35.7 Å². The van der Waals surface area contributed by atoms with Gasteiger partial charge in [-0.15, -0.1) is 0 Å². The number of nitriles is 1. The Morgan fingerprint density at radius 1 is 1.32 bits per heavy atom. The van der Waals surface area contributed by atoms with Gasteiger partial charge in [0, 0.05) is 31.2 Å². The average molecular weight is 420 g/mol. The normalized spacial score (nSPS) is 18.6. The fourth-order valence-corrected chi connectivity index (χ4v) is 4.43. The molecule has 31 heavy (non-hydrogen) atoms. The molecule has 4 rings (SSSR count). The molecule has 1 aliphatic carbocycles. The van der Waals surface area contributed by atoms with Crippen LogP contribution >= 0.6 is 0 Å². The number of hydrogen-bond donors (Lipinski definition) is 2. The highest BCUT2D eigenvalue weighted by atomic mass is 19.1. The first kappa shape index (κ1) is 21.0. The van der Waals surface area contributed by atoms with E-state index < -0.39 is 0 Å². The lowest BCUT2D eigenvalue weighted by Gasteiger charge is -2.37. The maximum Gasteiger partial charge on any atom is 0.289 e. The molecule has 160 valence electrons. The van der Waals surface area contributed by atoms with Crippen molar-refractivity contribution in [3.63, 3.8) is 0 Å². The molecule has 7 heteroatoms. The minimum atomic E-state index is -0.369. The maximum absolute atomic E-state index is 13.5. The van der Waals surface area contributed by atoms with Gasteiger partial charge in [-0.05, 0) is 62.4 Å². The molecule has 1 saturated carbocycles. The minimum absolute atomic E-state index is 0.124. The monoisotopic (exact) mass is 419 g/mol. The quantitative estimate of drug-likeness (QED) is 0.629. The Morgan fingerprint density at radius 2 is 2.19 bits per heavy atom. The molecule has 6 nitrogen and oxygen atoms in total. The van der Waals surface area contributed by atoms with Crippen LogP contribution in [0.3, 0.4) is 0 Å². The van der Waals surface area contributed by atoms with Gasteiger partial charge < -0.3 is 15.2 Å². The van der Waals surface area contributed by atoms with Crippen LogP contribution in [0.25, 0.3) is 11.0 Å².